The Hall–Kier alpha value is -1.63. The summed E-state index contributed by atoms with van der Waals surface area (Å²) in [5.41, 5.74) is 4.21. The van der Waals surface area contributed by atoms with E-state index in [9.17, 15) is 9.90 Å². The van der Waals surface area contributed by atoms with Crippen molar-refractivity contribution in [1.82, 2.24) is 4.90 Å². The van der Waals surface area contributed by atoms with Gasteiger partial charge in [0.05, 0.1) is 28.9 Å². The molecule has 2 aromatic rings. The van der Waals surface area contributed by atoms with E-state index >= 15 is 0 Å². The predicted octanol–water partition coefficient (Wildman–Crippen LogP) is 5.46. The zero-order valence-corrected chi connectivity index (χ0v) is 20.8. The molecule has 1 saturated heterocycles. The Morgan fingerprint density at radius 1 is 1.24 bits per heavy atom. The highest BCUT2D eigenvalue weighted by Gasteiger charge is 2.27. The molecule has 1 aliphatic heterocycles. The summed E-state index contributed by atoms with van der Waals surface area (Å²) in [5.74, 6) is -0.811. The van der Waals surface area contributed by atoms with Crippen LogP contribution in [0.15, 0.2) is 36.4 Å². The van der Waals surface area contributed by atoms with Crippen molar-refractivity contribution in [3.8, 4) is 0 Å². The number of hydrogen-bond acceptors (Lipinski definition) is 4. The van der Waals surface area contributed by atoms with Crippen LogP contribution in [0.1, 0.15) is 54.5 Å². The molecular weight excluding hydrogens is 461 g/mol. The lowest BCUT2D eigenvalue weighted by molar-refractivity contribution is -0.136. The third-order valence-electron chi connectivity index (χ3n) is 6.41. The van der Waals surface area contributed by atoms with E-state index in [1.165, 1.54) is 0 Å². The summed E-state index contributed by atoms with van der Waals surface area (Å²) in [6, 6.07) is 12.1. The van der Waals surface area contributed by atoms with Crippen LogP contribution in [0, 0.1) is 6.92 Å². The molecule has 3 rings (SSSR count). The van der Waals surface area contributed by atoms with E-state index in [1.54, 1.807) is 0 Å². The minimum absolute atomic E-state index is 0.0857. The Morgan fingerprint density at radius 2 is 2.03 bits per heavy atom. The predicted molar refractivity (Wildman–Crippen MR) is 132 cm³/mol. The van der Waals surface area contributed by atoms with Crippen LogP contribution in [-0.2, 0) is 22.4 Å². The van der Waals surface area contributed by atoms with Crippen LogP contribution in [0.5, 0.6) is 0 Å². The van der Waals surface area contributed by atoms with Crippen molar-refractivity contribution in [1.29, 1.82) is 0 Å². The van der Waals surface area contributed by atoms with Crippen LogP contribution in [0.2, 0.25) is 10.0 Å². The van der Waals surface area contributed by atoms with Gasteiger partial charge in [-0.2, -0.15) is 0 Å². The molecule has 3 atom stereocenters. The molecule has 0 unspecified atom stereocenters. The zero-order valence-electron chi connectivity index (χ0n) is 19.3. The molecule has 1 fully saturated rings. The molecule has 33 heavy (non-hydrogen) atoms. The first kappa shape index (κ1) is 26.0. The lowest BCUT2D eigenvalue weighted by Gasteiger charge is -2.28. The SMILES string of the molecule is Cc1cccc([C@@H](C)OC[C@H](O)CN2CCC[C@H]2Cc2ccc(Cl)c(Cl)c2)c1CCC(=O)O. The minimum Gasteiger partial charge on any atom is -0.481 e. The van der Waals surface area contributed by atoms with Gasteiger partial charge in [-0.1, -0.05) is 47.5 Å². The van der Waals surface area contributed by atoms with Gasteiger partial charge in [0.1, 0.15) is 0 Å². The molecule has 180 valence electrons. The first-order valence-electron chi connectivity index (χ1n) is 11.5. The molecule has 2 aromatic carbocycles. The zero-order chi connectivity index (χ0) is 24.0. The number of aliphatic hydroxyl groups excluding tert-OH is 1. The number of rotatable bonds is 11. The van der Waals surface area contributed by atoms with E-state index in [2.05, 4.69) is 4.90 Å². The Morgan fingerprint density at radius 3 is 2.76 bits per heavy atom. The monoisotopic (exact) mass is 493 g/mol. The molecule has 0 spiro atoms. The van der Waals surface area contributed by atoms with Crippen molar-refractivity contribution in [2.75, 3.05) is 19.7 Å². The molecule has 0 saturated carbocycles. The lowest BCUT2D eigenvalue weighted by atomic mass is 9.95. The highest BCUT2D eigenvalue weighted by Crippen LogP contribution is 2.28. The lowest BCUT2D eigenvalue weighted by Crippen LogP contribution is -2.39. The number of aliphatic hydroxyl groups is 1. The number of nitrogens with zero attached hydrogens (tertiary/aromatic N) is 1. The number of halogens is 2. The fraction of sp³-hybridized carbons (Fsp3) is 0.500. The number of aryl methyl sites for hydroxylation is 1. The number of hydrogen-bond donors (Lipinski definition) is 2. The number of ether oxygens (including phenoxy) is 1. The molecule has 0 amide bonds. The van der Waals surface area contributed by atoms with Gasteiger partial charge in [-0.15, -0.1) is 0 Å². The Balaban J connectivity index is 1.54. The molecule has 0 aliphatic carbocycles. The second kappa shape index (κ2) is 12.2. The average Bonchev–Trinajstić information content (AvgIpc) is 3.19. The number of carboxylic acids is 1. The molecule has 1 aliphatic rings. The van der Waals surface area contributed by atoms with E-state index in [0.717, 1.165) is 48.1 Å². The summed E-state index contributed by atoms with van der Waals surface area (Å²) < 4.78 is 6.03. The maximum atomic E-state index is 11.0. The molecule has 7 heteroatoms. The van der Waals surface area contributed by atoms with E-state index in [-0.39, 0.29) is 19.1 Å². The number of likely N-dealkylation sites (tertiary alicyclic amines) is 1. The molecule has 1 heterocycles. The first-order chi connectivity index (χ1) is 15.7. The number of aliphatic carboxylic acids is 1. The Kier molecular flexibility index (Phi) is 9.59. The van der Waals surface area contributed by atoms with Crippen molar-refractivity contribution >= 4 is 29.2 Å². The summed E-state index contributed by atoms with van der Waals surface area (Å²) >= 11 is 12.2. The van der Waals surface area contributed by atoms with Gasteiger partial charge in [-0.25, -0.2) is 0 Å². The number of benzene rings is 2. The smallest absolute Gasteiger partial charge is 0.303 e. The van der Waals surface area contributed by atoms with E-state index in [1.807, 2.05) is 50.2 Å². The van der Waals surface area contributed by atoms with E-state index < -0.39 is 12.1 Å². The second-order valence-electron chi connectivity index (χ2n) is 8.91. The molecule has 0 aromatic heterocycles. The van der Waals surface area contributed by atoms with Crippen LogP contribution >= 0.6 is 23.2 Å². The van der Waals surface area contributed by atoms with Gasteiger partial charge >= 0.3 is 5.97 Å². The average molecular weight is 494 g/mol. The van der Waals surface area contributed by atoms with Gasteiger partial charge in [0.25, 0.3) is 0 Å². The van der Waals surface area contributed by atoms with Gasteiger partial charge in [0.2, 0.25) is 0 Å². The summed E-state index contributed by atoms with van der Waals surface area (Å²) in [5, 5.41) is 20.9. The van der Waals surface area contributed by atoms with E-state index in [4.69, 9.17) is 33.0 Å². The Labute approximate surface area is 206 Å². The third kappa shape index (κ3) is 7.43. The Bertz CT molecular complexity index is 952. The van der Waals surface area contributed by atoms with Crippen LogP contribution in [0.25, 0.3) is 0 Å². The van der Waals surface area contributed by atoms with Gasteiger partial charge in [0.15, 0.2) is 0 Å². The van der Waals surface area contributed by atoms with Crippen LogP contribution < -0.4 is 0 Å². The van der Waals surface area contributed by atoms with Crippen LogP contribution in [0.4, 0.5) is 0 Å². The molecule has 2 N–H and O–H groups in total. The molecule has 0 radical (unpaired) electrons. The first-order valence-corrected chi connectivity index (χ1v) is 12.3. The number of carboxylic acid groups (broad SMARTS) is 1. The fourth-order valence-electron chi connectivity index (χ4n) is 4.65. The molecular formula is C26H33Cl2NO4. The van der Waals surface area contributed by atoms with Crippen molar-refractivity contribution in [3.05, 3.63) is 68.7 Å². The molecule has 0 bridgehead atoms. The van der Waals surface area contributed by atoms with Gasteiger partial charge in [-0.3, -0.25) is 9.69 Å². The number of β-amino-alcohol motifs (C(OH)–C–C–N with tert-alkyl or cyclic N) is 1. The summed E-state index contributed by atoms with van der Waals surface area (Å²) in [7, 11) is 0. The highest BCUT2D eigenvalue weighted by molar-refractivity contribution is 6.42. The van der Waals surface area contributed by atoms with Crippen LogP contribution in [-0.4, -0.2) is 52.9 Å². The third-order valence-corrected chi connectivity index (χ3v) is 7.15. The van der Waals surface area contributed by atoms with Crippen LogP contribution in [0.3, 0.4) is 0 Å². The largest absolute Gasteiger partial charge is 0.481 e. The quantitative estimate of drug-likeness (QED) is 0.434. The number of carbonyl (C=O) groups is 1. The topological polar surface area (TPSA) is 70.0 Å². The summed E-state index contributed by atoms with van der Waals surface area (Å²) in [6.07, 6.45) is 2.78. The summed E-state index contributed by atoms with van der Waals surface area (Å²) in [6.45, 7) is 5.68. The fourth-order valence-corrected chi connectivity index (χ4v) is 4.97. The van der Waals surface area contributed by atoms with Crippen molar-refractivity contribution in [3.63, 3.8) is 0 Å². The standard InChI is InChI=1S/C26H33Cl2NO4/c1-17-5-3-7-23(22(17)9-11-26(31)32)18(2)33-16-21(30)15-29-12-4-6-20(29)13-19-8-10-24(27)25(28)14-19/h3,5,7-8,10,14,18,20-21,30H,4,6,9,11-13,15-16H2,1-2H3,(H,31,32)/t18-,20+,21-/m1/s1. The normalized spacial score (nSPS) is 18.4. The van der Waals surface area contributed by atoms with Gasteiger partial charge in [-0.05, 0) is 80.5 Å². The second-order valence-corrected chi connectivity index (χ2v) is 9.72. The molecule has 5 nitrogen and oxygen atoms in total. The van der Waals surface area contributed by atoms with Crippen molar-refractivity contribution < 1.29 is 19.7 Å². The minimum atomic E-state index is -0.811. The van der Waals surface area contributed by atoms with E-state index in [0.29, 0.717) is 29.1 Å². The summed E-state index contributed by atoms with van der Waals surface area (Å²) in [4.78, 5) is 13.4. The maximum Gasteiger partial charge on any atom is 0.303 e. The maximum absolute atomic E-state index is 11.0. The van der Waals surface area contributed by atoms with Crippen molar-refractivity contribution in [2.45, 2.75) is 64.2 Å². The van der Waals surface area contributed by atoms with Gasteiger partial charge < -0.3 is 14.9 Å². The van der Waals surface area contributed by atoms with Gasteiger partial charge in [0, 0.05) is 19.0 Å². The highest BCUT2D eigenvalue weighted by atomic mass is 35.5. The van der Waals surface area contributed by atoms with Crippen molar-refractivity contribution in [2.24, 2.45) is 0 Å².